The van der Waals surface area contributed by atoms with Crippen molar-refractivity contribution in [1.82, 2.24) is 0 Å². The summed E-state index contributed by atoms with van der Waals surface area (Å²) in [5.74, 6) is 0.791. The van der Waals surface area contributed by atoms with E-state index in [1.54, 1.807) is 31.4 Å². The monoisotopic (exact) mass is 333 g/mol. The summed E-state index contributed by atoms with van der Waals surface area (Å²) in [5, 5.41) is 2.78. The Hall–Kier alpha value is -2.04. The molecule has 1 aromatic carbocycles. The zero-order valence-corrected chi connectivity index (χ0v) is 14.5. The van der Waals surface area contributed by atoms with E-state index in [-0.39, 0.29) is 11.9 Å². The summed E-state index contributed by atoms with van der Waals surface area (Å²) in [4.78, 5) is 24.3. The standard InChI is InChI=1S/C19H27NO4/c1-3-17(24-18(21)13-8-14-6-4-5-7-14)19(22)20-15-9-11-16(23-2)12-10-15/h9-12,14,17H,3-8,13H2,1-2H3,(H,20,22)/t17-/m1/s1. The molecule has 1 saturated carbocycles. The van der Waals surface area contributed by atoms with Crippen LogP contribution in [0.2, 0.25) is 0 Å². The van der Waals surface area contributed by atoms with Gasteiger partial charge in [-0.3, -0.25) is 9.59 Å². The van der Waals surface area contributed by atoms with Crippen LogP contribution in [-0.2, 0) is 14.3 Å². The number of hydrogen-bond acceptors (Lipinski definition) is 4. The first-order valence-corrected chi connectivity index (χ1v) is 8.76. The molecule has 1 aromatic rings. The van der Waals surface area contributed by atoms with Crippen LogP contribution in [0.4, 0.5) is 5.69 Å². The van der Waals surface area contributed by atoms with E-state index in [1.165, 1.54) is 25.7 Å². The summed E-state index contributed by atoms with van der Waals surface area (Å²) in [6.45, 7) is 1.84. The first-order valence-electron chi connectivity index (χ1n) is 8.76. The van der Waals surface area contributed by atoms with Crippen LogP contribution in [0.5, 0.6) is 5.75 Å². The van der Waals surface area contributed by atoms with Gasteiger partial charge in [0.15, 0.2) is 6.10 Å². The number of hydrogen-bond donors (Lipinski definition) is 1. The van der Waals surface area contributed by atoms with Gasteiger partial charge in [-0.05, 0) is 43.0 Å². The minimum absolute atomic E-state index is 0.279. The molecule has 1 N–H and O–H groups in total. The SMILES string of the molecule is CC[C@@H](OC(=O)CCC1CCCC1)C(=O)Nc1ccc(OC)cc1. The molecule has 0 heterocycles. The summed E-state index contributed by atoms with van der Waals surface area (Å²) >= 11 is 0. The average Bonchev–Trinajstić information content (AvgIpc) is 3.12. The number of benzene rings is 1. The Bertz CT molecular complexity index is 535. The van der Waals surface area contributed by atoms with Gasteiger partial charge in [-0.25, -0.2) is 0 Å². The van der Waals surface area contributed by atoms with Gasteiger partial charge in [0, 0.05) is 12.1 Å². The quantitative estimate of drug-likeness (QED) is 0.732. The van der Waals surface area contributed by atoms with E-state index in [4.69, 9.17) is 9.47 Å². The summed E-state index contributed by atoms with van der Waals surface area (Å²) in [6.07, 6.45) is 5.93. The molecule has 0 bridgehead atoms. The normalized spacial score (nSPS) is 15.8. The number of nitrogens with one attached hydrogen (secondary N) is 1. The van der Waals surface area contributed by atoms with Crippen molar-refractivity contribution < 1.29 is 19.1 Å². The highest BCUT2D eigenvalue weighted by molar-refractivity contribution is 5.95. The molecule has 5 nitrogen and oxygen atoms in total. The number of amides is 1. The molecule has 0 aliphatic heterocycles. The maximum atomic E-state index is 12.3. The molecule has 1 atom stereocenters. The highest BCUT2D eigenvalue weighted by Crippen LogP contribution is 2.28. The lowest BCUT2D eigenvalue weighted by Gasteiger charge is -2.17. The summed E-state index contributed by atoms with van der Waals surface area (Å²) in [6, 6.07) is 7.05. The van der Waals surface area contributed by atoms with Gasteiger partial charge in [-0.2, -0.15) is 0 Å². The van der Waals surface area contributed by atoms with E-state index in [2.05, 4.69) is 5.32 Å². The molecule has 1 fully saturated rings. The van der Waals surface area contributed by atoms with Crippen LogP contribution in [0.25, 0.3) is 0 Å². The number of anilines is 1. The Labute approximate surface area is 143 Å². The van der Waals surface area contributed by atoms with Crippen molar-refractivity contribution >= 4 is 17.6 Å². The highest BCUT2D eigenvalue weighted by atomic mass is 16.5. The molecule has 0 unspecified atom stereocenters. The second kappa shape index (κ2) is 9.30. The van der Waals surface area contributed by atoms with E-state index >= 15 is 0 Å². The lowest BCUT2D eigenvalue weighted by molar-refractivity contribution is -0.154. The van der Waals surface area contributed by atoms with Gasteiger partial charge in [0.05, 0.1) is 7.11 Å². The third kappa shape index (κ3) is 5.55. The second-order valence-electron chi connectivity index (χ2n) is 6.29. The molecule has 24 heavy (non-hydrogen) atoms. The number of methoxy groups -OCH3 is 1. The lowest BCUT2D eigenvalue weighted by Crippen LogP contribution is -2.32. The Morgan fingerprint density at radius 3 is 2.46 bits per heavy atom. The smallest absolute Gasteiger partial charge is 0.306 e. The van der Waals surface area contributed by atoms with E-state index in [0.29, 0.717) is 24.4 Å². The van der Waals surface area contributed by atoms with Gasteiger partial charge >= 0.3 is 5.97 Å². The van der Waals surface area contributed by atoms with E-state index < -0.39 is 6.10 Å². The van der Waals surface area contributed by atoms with Gasteiger partial charge in [0.1, 0.15) is 5.75 Å². The number of rotatable bonds is 8. The van der Waals surface area contributed by atoms with Crippen molar-refractivity contribution in [2.24, 2.45) is 5.92 Å². The third-order valence-corrected chi connectivity index (χ3v) is 4.53. The Morgan fingerprint density at radius 2 is 1.88 bits per heavy atom. The van der Waals surface area contributed by atoms with Gasteiger partial charge in [-0.1, -0.05) is 32.6 Å². The minimum atomic E-state index is -0.747. The molecule has 5 heteroatoms. The molecule has 2 rings (SSSR count). The maximum Gasteiger partial charge on any atom is 0.306 e. The summed E-state index contributed by atoms with van der Waals surface area (Å²) in [7, 11) is 1.59. The van der Waals surface area contributed by atoms with Gasteiger partial charge in [0.2, 0.25) is 0 Å². The van der Waals surface area contributed by atoms with Crippen molar-refractivity contribution in [2.45, 2.75) is 58.0 Å². The summed E-state index contributed by atoms with van der Waals surface area (Å²) in [5.41, 5.74) is 0.654. The van der Waals surface area contributed by atoms with Gasteiger partial charge in [0.25, 0.3) is 5.91 Å². The Balaban J connectivity index is 1.79. The van der Waals surface area contributed by atoms with Crippen LogP contribution < -0.4 is 10.1 Å². The molecule has 0 spiro atoms. The van der Waals surface area contributed by atoms with Crippen LogP contribution in [0.3, 0.4) is 0 Å². The fourth-order valence-corrected chi connectivity index (χ4v) is 3.06. The molecule has 0 radical (unpaired) electrons. The van der Waals surface area contributed by atoms with Crippen molar-refractivity contribution in [3.63, 3.8) is 0 Å². The Morgan fingerprint density at radius 1 is 1.21 bits per heavy atom. The van der Waals surface area contributed by atoms with Crippen LogP contribution in [0.1, 0.15) is 51.9 Å². The molecule has 1 amide bonds. The van der Waals surface area contributed by atoms with Crippen LogP contribution >= 0.6 is 0 Å². The van der Waals surface area contributed by atoms with Crippen LogP contribution in [0.15, 0.2) is 24.3 Å². The topological polar surface area (TPSA) is 64.6 Å². The van der Waals surface area contributed by atoms with E-state index in [0.717, 1.165) is 12.2 Å². The highest BCUT2D eigenvalue weighted by Gasteiger charge is 2.22. The van der Waals surface area contributed by atoms with E-state index in [9.17, 15) is 9.59 Å². The molecule has 0 aromatic heterocycles. The van der Waals surface area contributed by atoms with Crippen molar-refractivity contribution in [1.29, 1.82) is 0 Å². The molecule has 0 saturated heterocycles. The number of ether oxygens (including phenoxy) is 2. The zero-order valence-electron chi connectivity index (χ0n) is 14.5. The number of carbonyl (C=O) groups excluding carboxylic acids is 2. The predicted octanol–water partition coefficient (Wildman–Crippen LogP) is 3.93. The van der Waals surface area contributed by atoms with Crippen molar-refractivity contribution in [2.75, 3.05) is 12.4 Å². The predicted molar refractivity (Wildman–Crippen MR) is 93.0 cm³/mol. The largest absolute Gasteiger partial charge is 0.497 e. The fourth-order valence-electron chi connectivity index (χ4n) is 3.06. The average molecular weight is 333 g/mol. The molecular weight excluding hydrogens is 306 g/mol. The first kappa shape index (κ1) is 18.3. The minimum Gasteiger partial charge on any atom is -0.497 e. The molecule has 1 aliphatic rings. The fraction of sp³-hybridized carbons (Fsp3) is 0.579. The van der Waals surface area contributed by atoms with Crippen molar-refractivity contribution in [3.8, 4) is 5.75 Å². The molecule has 1 aliphatic carbocycles. The van der Waals surface area contributed by atoms with Crippen LogP contribution in [0, 0.1) is 5.92 Å². The first-order chi connectivity index (χ1) is 11.6. The number of esters is 1. The maximum absolute atomic E-state index is 12.3. The molecule has 132 valence electrons. The Kier molecular flexibility index (Phi) is 7.09. The van der Waals surface area contributed by atoms with Gasteiger partial charge < -0.3 is 14.8 Å². The van der Waals surface area contributed by atoms with E-state index in [1.807, 2.05) is 6.92 Å². The second-order valence-corrected chi connectivity index (χ2v) is 6.29. The zero-order chi connectivity index (χ0) is 17.4. The third-order valence-electron chi connectivity index (χ3n) is 4.53. The molecular formula is C19H27NO4. The summed E-state index contributed by atoms with van der Waals surface area (Å²) < 4.78 is 10.4. The van der Waals surface area contributed by atoms with Crippen molar-refractivity contribution in [3.05, 3.63) is 24.3 Å². The van der Waals surface area contributed by atoms with Crippen LogP contribution in [-0.4, -0.2) is 25.1 Å². The number of carbonyl (C=O) groups is 2. The van der Waals surface area contributed by atoms with Gasteiger partial charge in [-0.15, -0.1) is 0 Å². The lowest BCUT2D eigenvalue weighted by atomic mass is 10.0.